The summed E-state index contributed by atoms with van der Waals surface area (Å²) in [5.74, 6) is -0.365. The van der Waals surface area contributed by atoms with Gasteiger partial charge >= 0.3 is 0 Å². The first-order valence-electron chi connectivity index (χ1n) is 6.54. The van der Waals surface area contributed by atoms with Crippen molar-refractivity contribution < 1.29 is 9.59 Å². The van der Waals surface area contributed by atoms with Crippen LogP contribution in [0, 0.1) is 0 Å². The molecule has 2 amide bonds. The highest BCUT2D eigenvalue weighted by atomic mass is 16.2. The molecule has 0 bridgehead atoms. The Kier molecular flexibility index (Phi) is 3.17. The highest BCUT2D eigenvalue weighted by Gasteiger charge is 2.29. The van der Waals surface area contributed by atoms with Gasteiger partial charge in [-0.3, -0.25) is 19.8 Å². The molecule has 2 heterocycles. The highest BCUT2D eigenvalue weighted by Crippen LogP contribution is 2.24. The number of rotatable bonds is 2. The molecule has 2 saturated heterocycles. The number of nitrogens with one attached hydrogen (secondary N) is 1. The van der Waals surface area contributed by atoms with Crippen LogP contribution in [0.1, 0.15) is 18.4 Å². The molecule has 3 rings (SSSR count). The van der Waals surface area contributed by atoms with Gasteiger partial charge in [-0.05, 0) is 17.6 Å². The van der Waals surface area contributed by atoms with Crippen molar-refractivity contribution in [3.8, 4) is 0 Å². The van der Waals surface area contributed by atoms with Gasteiger partial charge in [0.1, 0.15) is 0 Å². The van der Waals surface area contributed by atoms with Crippen molar-refractivity contribution in [2.75, 3.05) is 13.1 Å². The number of carbonyl (C=O) groups is 2. The maximum atomic E-state index is 11.6. The summed E-state index contributed by atoms with van der Waals surface area (Å²) in [6.45, 7) is 2.65. The van der Waals surface area contributed by atoms with E-state index in [-0.39, 0.29) is 18.2 Å². The molecule has 2 aliphatic heterocycles. The third kappa shape index (κ3) is 2.58. The van der Waals surface area contributed by atoms with E-state index in [1.807, 2.05) is 18.2 Å². The van der Waals surface area contributed by atoms with Crippen LogP contribution < -0.4 is 5.32 Å². The van der Waals surface area contributed by atoms with E-state index in [1.165, 1.54) is 5.56 Å². The van der Waals surface area contributed by atoms with Crippen LogP contribution in [0.2, 0.25) is 0 Å². The summed E-state index contributed by atoms with van der Waals surface area (Å²) < 4.78 is 0. The maximum Gasteiger partial charge on any atom is 0.254 e. The number of likely N-dealkylation sites (tertiary alicyclic amines) is 1. The Balaban J connectivity index is 1.69. The van der Waals surface area contributed by atoms with Gasteiger partial charge in [-0.1, -0.05) is 30.3 Å². The Hall–Kier alpha value is -1.94. The Morgan fingerprint density at radius 2 is 1.95 bits per heavy atom. The van der Waals surface area contributed by atoms with E-state index in [2.05, 4.69) is 22.3 Å². The number of nitrogens with zero attached hydrogens (tertiary/aromatic N) is 1. The van der Waals surface area contributed by atoms with Crippen LogP contribution in [-0.2, 0) is 16.1 Å². The molecule has 0 unspecified atom stereocenters. The van der Waals surface area contributed by atoms with E-state index in [0.717, 1.165) is 31.6 Å². The van der Waals surface area contributed by atoms with Crippen molar-refractivity contribution in [2.24, 2.45) is 0 Å². The lowest BCUT2D eigenvalue weighted by Gasteiger charge is -2.14. The predicted molar refractivity (Wildman–Crippen MR) is 71.1 cm³/mol. The van der Waals surface area contributed by atoms with E-state index >= 15 is 0 Å². The number of hydrogen-bond acceptors (Lipinski definition) is 3. The third-order valence-corrected chi connectivity index (χ3v) is 3.68. The zero-order chi connectivity index (χ0) is 13.2. The molecule has 2 fully saturated rings. The summed E-state index contributed by atoms with van der Waals surface area (Å²) in [6, 6.07) is 10.3. The predicted octanol–water partition coefficient (Wildman–Crippen LogP) is 1.24. The molecule has 0 spiro atoms. The summed E-state index contributed by atoms with van der Waals surface area (Å²) in [7, 11) is 0. The minimum atomic E-state index is -0.193. The number of benzene rings is 1. The van der Waals surface area contributed by atoms with Gasteiger partial charge in [-0.15, -0.1) is 0 Å². The van der Waals surface area contributed by atoms with E-state index in [9.17, 15) is 9.59 Å². The molecule has 0 radical (unpaired) electrons. The summed E-state index contributed by atoms with van der Waals surface area (Å²) in [4.78, 5) is 25.2. The fourth-order valence-corrected chi connectivity index (χ4v) is 2.72. The van der Waals surface area contributed by atoms with Crippen LogP contribution in [0.5, 0.6) is 0 Å². The van der Waals surface area contributed by atoms with Crippen molar-refractivity contribution in [2.45, 2.75) is 19.4 Å². The lowest BCUT2D eigenvalue weighted by molar-refractivity contribution is -0.124. The Morgan fingerprint density at radius 1 is 1.16 bits per heavy atom. The smallest absolute Gasteiger partial charge is 0.254 e. The first kappa shape index (κ1) is 12.1. The van der Waals surface area contributed by atoms with Gasteiger partial charge in [0.05, 0.1) is 6.42 Å². The standard InChI is InChI=1S/C15H16N2O2/c18-14-8-13(15(19)16-14)12-6-7-17(10-12)9-11-4-2-1-3-5-11/h1-5H,6-10H2,(H,16,18,19)/b13-12+. The van der Waals surface area contributed by atoms with Crippen LogP contribution in [-0.4, -0.2) is 29.8 Å². The Labute approximate surface area is 112 Å². The van der Waals surface area contributed by atoms with Crippen molar-refractivity contribution in [3.05, 3.63) is 47.0 Å². The third-order valence-electron chi connectivity index (χ3n) is 3.68. The average Bonchev–Trinajstić information content (AvgIpc) is 2.97. The minimum Gasteiger partial charge on any atom is -0.295 e. The second-order valence-corrected chi connectivity index (χ2v) is 5.08. The van der Waals surface area contributed by atoms with Crippen LogP contribution >= 0.6 is 0 Å². The van der Waals surface area contributed by atoms with Gasteiger partial charge in [0.2, 0.25) is 5.91 Å². The summed E-state index contributed by atoms with van der Waals surface area (Å²) >= 11 is 0. The number of carbonyl (C=O) groups excluding carboxylic acids is 2. The second kappa shape index (κ2) is 4.97. The molecule has 98 valence electrons. The van der Waals surface area contributed by atoms with Crippen LogP contribution in [0.15, 0.2) is 41.5 Å². The van der Waals surface area contributed by atoms with Crippen molar-refractivity contribution in [1.82, 2.24) is 10.2 Å². The zero-order valence-electron chi connectivity index (χ0n) is 10.7. The number of imide groups is 1. The first-order valence-corrected chi connectivity index (χ1v) is 6.54. The highest BCUT2D eigenvalue weighted by molar-refractivity contribution is 6.13. The Bertz CT molecular complexity index is 549. The molecule has 19 heavy (non-hydrogen) atoms. The molecule has 1 aromatic carbocycles. The van der Waals surface area contributed by atoms with E-state index in [0.29, 0.717) is 5.57 Å². The molecule has 1 N–H and O–H groups in total. The second-order valence-electron chi connectivity index (χ2n) is 5.08. The first-order chi connectivity index (χ1) is 9.22. The van der Waals surface area contributed by atoms with Crippen LogP contribution in [0.4, 0.5) is 0 Å². The summed E-state index contributed by atoms with van der Waals surface area (Å²) in [5.41, 5.74) is 3.10. The molecule has 0 saturated carbocycles. The van der Waals surface area contributed by atoms with Gasteiger partial charge in [0.25, 0.3) is 5.91 Å². The molecule has 0 aromatic heterocycles. The number of hydrogen-bond donors (Lipinski definition) is 1. The fraction of sp³-hybridized carbons (Fsp3) is 0.333. The van der Waals surface area contributed by atoms with Crippen molar-refractivity contribution >= 4 is 11.8 Å². The lowest BCUT2D eigenvalue weighted by atomic mass is 10.1. The summed E-state index contributed by atoms with van der Waals surface area (Å²) in [6.07, 6.45) is 1.15. The van der Waals surface area contributed by atoms with Gasteiger partial charge in [-0.25, -0.2) is 0 Å². The molecule has 4 nitrogen and oxygen atoms in total. The topological polar surface area (TPSA) is 49.4 Å². The lowest BCUT2D eigenvalue weighted by Crippen LogP contribution is -2.20. The van der Waals surface area contributed by atoms with Gasteiger partial charge in [-0.2, -0.15) is 0 Å². The fourth-order valence-electron chi connectivity index (χ4n) is 2.72. The molecule has 1 aromatic rings. The Morgan fingerprint density at radius 3 is 2.63 bits per heavy atom. The monoisotopic (exact) mass is 256 g/mol. The van der Waals surface area contributed by atoms with Crippen LogP contribution in [0.3, 0.4) is 0 Å². The normalized spacial score (nSPS) is 24.0. The maximum absolute atomic E-state index is 11.6. The minimum absolute atomic E-state index is 0.172. The average molecular weight is 256 g/mol. The van der Waals surface area contributed by atoms with E-state index < -0.39 is 0 Å². The van der Waals surface area contributed by atoms with Gasteiger partial charge in [0.15, 0.2) is 0 Å². The van der Waals surface area contributed by atoms with E-state index in [1.54, 1.807) is 0 Å². The zero-order valence-corrected chi connectivity index (χ0v) is 10.7. The molecule has 4 heteroatoms. The van der Waals surface area contributed by atoms with E-state index in [4.69, 9.17) is 0 Å². The quantitative estimate of drug-likeness (QED) is 0.639. The van der Waals surface area contributed by atoms with Crippen LogP contribution in [0.25, 0.3) is 0 Å². The van der Waals surface area contributed by atoms with Gasteiger partial charge < -0.3 is 0 Å². The molecule has 0 aliphatic carbocycles. The SMILES string of the molecule is O=C1C/C(=C2/CCN(Cc3ccccc3)C2)C(=O)N1. The van der Waals surface area contributed by atoms with Crippen molar-refractivity contribution in [3.63, 3.8) is 0 Å². The summed E-state index contributed by atoms with van der Waals surface area (Å²) in [5, 5.41) is 2.35. The largest absolute Gasteiger partial charge is 0.295 e. The molecule has 2 aliphatic rings. The molecule has 0 atom stereocenters. The number of amides is 2. The van der Waals surface area contributed by atoms with Gasteiger partial charge in [0, 0.05) is 25.2 Å². The molecular formula is C15H16N2O2. The van der Waals surface area contributed by atoms with Crippen molar-refractivity contribution in [1.29, 1.82) is 0 Å². The molecular weight excluding hydrogens is 240 g/mol.